The maximum absolute atomic E-state index is 14.6. The molecule has 13 heteroatoms. The van der Waals surface area contributed by atoms with Crippen LogP contribution in [0.25, 0.3) is 11.3 Å². The Bertz CT molecular complexity index is 1410. The van der Waals surface area contributed by atoms with Crippen molar-refractivity contribution >= 4 is 29.1 Å². The molecule has 0 fully saturated rings. The van der Waals surface area contributed by atoms with Gasteiger partial charge in [0.15, 0.2) is 17.4 Å². The molecule has 0 aliphatic carbocycles. The first-order chi connectivity index (χ1) is 19.1. The SMILES string of the molecule is C[NH2+]N(/C=C(\C)CNC(=O)c1ccc(NC(=O)c2ncc(-c3ccc(OC)c(F)c3F)n2C)cc1Cl)CCCO. The van der Waals surface area contributed by atoms with E-state index in [9.17, 15) is 18.4 Å². The molecule has 3 aromatic rings. The Balaban J connectivity index is 1.68. The van der Waals surface area contributed by atoms with E-state index in [1.807, 2.05) is 30.6 Å². The first kappa shape index (κ1) is 30.5. The summed E-state index contributed by atoms with van der Waals surface area (Å²) in [6, 6.07) is 7.06. The van der Waals surface area contributed by atoms with Crippen molar-refractivity contribution in [2.45, 2.75) is 13.3 Å². The van der Waals surface area contributed by atoms with Gasteiger partial charge in [0.2, 0.25) is 5.82 Å². The highest BCUT2D eigenvalue weighted by atomic mass is 35.5. The number of imidazole rings is 1. The molecule has 2 aromatic carbocycles. The van der Waals surface area contributed by atoms with Crippen molar-refractivity contribution in [3.8, 4) is 17.0 Å². The zero-order valence-corrected chi connectivity index (χ0v) is 23.4. The van der Waals surface area contributed by atoms with Crippen molar-refractivity contribution in [3.63, 3.8) is 0 Å². The molecule has 0 spiro atoms. The number of ether oxygens (including phenoxy) is 1. The lowest BCUT2D eigenvalue weighted by Gasteiger charge is -2.16. The van der Waals surface area contributed by atoms with E-state index in [2.05, 4.69) is 15.6 Å². The average molecular weight is 578 g/mol. The Labute approximate surface area is 235 Å². The largest absolute Gasteiger partial charge is 0.494 e. The van der Waals surface area contributed by atoms with Crippen LogP contribution in [0.1, 0.15) is 34.3 Å². The molecule has 2 amide bonds. The molecule has 1 heterocycles. The second kappa shape index (κ2) is 13.9. The summed E-state index contributed by atoms with van der Waals surface area (Å²) in [5, 5.41) is 16.5. The van der Waals surface area contributed by atoms with Crippen molar-refractivity contribution < 1.29 is 33.6 Å². The second-order valence-corrected chi connectivity index (χ2v) is 9.26. The molecule has 214 valence electrons. The van der Waals surface area contributed by atoms with E-state index >= 15 is 0 Å². The predicted octanol–water partition coefficient (Wildman–Crippen LogP) is 2.71. The highest BCUT2D eigenvalue weighted by Gasteiger charge is 2.21. The number of aromatic nitrogens is 2. The van der Waals surface area contributed by atoms with Gasteiger partial charge in [0.25, 0.3) is 11.8 Å². The number of methoxy groups -OCH3 is 1. The summed E-state index contributed by atoms with van der Waals surface area (Å²) < 4.78 is 34.9. The van der Waals surface area contributed by atoms with E-state index in [0.29, 0.717) is 18.7 Å². The van der Waals surface area contributed by atoms with Crippen LogP contribution in [0.15, 0.2) is 48.3 Å². The van der Waals surface area contributed by atoms with Crippen LogP contribution in [0.5, 0.6) is 5.75 Å². The molecule has 0 atom stereocenters. The third-order valence-electron chi connectivity index (χ3n) is 6.03. The standard InChI is InChI=1S/C27H31ClF2N6O4/c1-16(15-36(31-2)10-5-11-37)13-33-26(38)18-7-6-17(12-20(18)28)34-27(39)25-32-14-21(35(25)3)19-8-9-22(40-4)24(30)23(19)29/h6-9,12,14-15,31,37H,5,10-11,13H2,1-4H3,(H,33,38)(H,34,39)/p+1/b16-15+. The summed E-state index contributed by atoms with van der Waals surface area (Å²) in [5.74, 6) is -3.56. The van der Waals surface area contributed by atoms with Gasteiger partial charge in [-0.15, -0.1) is 0 Å². The molecule has 0 aliphatic rings. The number of rotatable bonds is 12. The molecule has 0 aliphatic heterocycles. The molecule has 40 heavy (non-hydrogen) atoms. The Morgan fingerprint density at radius 2 is 1.98 bits per heavy atom. The smallest absolute Gasteiger partial charge is 0.291 e. The molecule has 0 saturated carbocycles. The molecular formula is C27H32ClF2N6O4+. The Morgan fingerprint density at radius 3 is 2.62 bits per heavy atom. The summed E-state index contributed by atoms with van der Waals surface area (Å²) in [6.45, 7) is 2.92. The van der Waals surface area contributed by atoms with E-state index in [-0.39, 0.29) is 52.5 Å². The highest BCUT2D eigenvalue weighted by Crippen LogP contribution is 2.30. The highest BCUT2D eigenvalue weighted by molar-refractivity contribution is 6.34. The van der Waals surface area contributed by atoms with Crippen LogP contribution in [0.2, 0.25) is 5.02 Å². The summed E-state index contributed by atoms with van der Waals surface area (Å²) in [6.07, 6.45) is 3.78. The summed E-state index contributed by atoms with van der Waals surface area (Å²) in [5.41, 5.74) is 3.42. The maximum Gasteiger partial charge on any atom is 0.291 e. The van der Waals surface area contributed by atoms with Crippen LogP contribution in [0.4, 0.5) is 14.5 Å². The zero-order valence-electron chi connectivity index (χ0n) is 22.6. The zero-order chi connectivity index (χ0) is 29.4. The van der Waals surface area contributed by atoms with Gasteiger partial charge in [0.1, 0.15) is 0 Å². The number of benzene rings is 2. The molecule has 0 unspecified atom stereocenters. The van der Waals surface area contributed by atoms with Gasteiger partial charge < -0.3 is 25.0 Å². The number of anilines is 1. The van der Waals surface area contributed by atoms with E-state index in [0.717, 1.165) is 5.57 Å². The van der Waals surface area contributed by atoms with E-state index < -0.39 is 17.5 Å². The van der Waals surface area contributed by atoms with Crippen molar-refractivity contribution in [1.82, 2.24) is 19.9 Å². The summed E-state index contributed by atoms with van der Waals surface area (Å²) in [4.78, 5) is 29.6. The van der Waals surface area contributed by atoms with Crippen LogP contribution in [0, 0.1) is 11.6 Å². The maximum atomic E-state index is 14.6. The van der Waals surface area contributed by atoms with Crippen molar-refractivity contribution in [2.75, 3.05) is 39.2 Å². The molecule has 0 bridgehead atoms. The van der Waals surface area contributed by atoms with E-state index in [1.165, 1.54) is 55.3 Å². The molecule has 0 radical (unpaired) electrons. The number of halogens is 3. The summed E-state index contributed by atoms with van der Waals surface area (Å²) >= 11 is 6.33. The third kappa shape index (κ3) is 7.14. The Kier molecular flexibility index (Phi) is 10.6. The minimum Gasteiger partial charge on any atom is -0.494 e. The van der Waals surface area contributed by atoms with Gasteiger partial charge in [-0.2, -0.15) is 4.39 Å². The minimum absolute atomic E-state index is 0.0526. The molecule has 3 rings (SSSR count). The quantitative estimate of drug-likeness (QED) is 0.194. The van der Waals surface area contributed by atoms with Gasteiger partial charge in [0.05, 0.1) is 49.4 Å². The van der Waals surface area contributed by atoms with Crippen molar-refractivity contribution in [3.05, 3.63) is 76.3 Å². The van der Waals surface area contributed by atoms with Crippen molar-refractivity contribution in [1.29, 1.82) is 0 Å². The number of hydrogen-bond donors (Lipinski definition) is 4. The Hall–Kier alpha value is -4.00. The monoisotopic (exact) mass is 577 g/mol. The number of amides is 2. The van der Waals surface area contributed by atoms with Crippen LogP contribution < -0.4 is 20.8 Å². The number of carbonyl (C=O) groups is 2. The van der Waals surface area contributed by atoms with Crippen LogP contribution in [0.3, 0.4) is 0 Å². The number of quaternary nitrogens is 1. The molecular weight excluding hydrogens is 546 g/mol. The van der Waals surface area contributed by atoms with Crippen LogP contribution in [-0.4, -0.2) is 65.3 Å². The topological polar surface area (TPSA) is 125 Å². The molecule has 1 aromatic heterocycles. The van der Waals surface area contributed by atoms with E-state index in [1.54, 1.807) is 0 Å². The van der Waals surface area contributed by atoms with Gasteiger partial charge in [0, 0.05) is 31.5 Å². The van der Waals surface area contributed by atoms with Gasteiger partial charge >= 0.3 is 0 Å². The number of carbonyl (C=O) groups excluding carboxylic acids is 2. The van der Waals surface area contributed by atoms with Gasteiger partial charge in [-0.3, -0.25) is 9.59 Å². The van der Waals surface area contributed by atoms with E-state index in [4.69, 9.17) is 21.4 Å². The fourth-order valence-corrected chi connectivity index (χ4v) is 4.15. The number of nitrogens with one attached hydrogen (secondary N) is 2. The lowest BCUT2D eigenvalue weighted by atomic mass is 10.1. The lowest BCUT2D eigenvalue weighted by Crippen LogP contribution is -2.89. The second-order valence-electron chi connectivity index (χ2n) is 8.85. The van der Waals surface area contributed by atoms with Crippen LogP contribution >= 0.6 is 11.6 Å². The lowest BCUT2D eigenvalue weighted by molar-refractivity contribution is -0.770. The van der Waals surface area contributed by atoms with Crippen molar-refractivity contribution in [2.24, 2.45) is 7.05 Å². The normalized spacial score (nSPS) is 11.3. The summed E-state index contributed by atoms with van der Waals surface area (Å²) in [7, 11) is 4.62. The molecule has 0 saturated heterocycles. The van der Waals surface area contributed by atoms with Gasteiger partial charge in [-0.05, 0) is 49.2 Å². The fraction of sp³-hybridized carbons (Fsp3) is 0.296. The predicted molar refractivity (Wildman–Crippen MR) is 147 cm³/mol. The molecule has 10 nitrogen and oxygen atoms in total. The number of nitrogens with two attached hydrogens (primary N) is 1. The molecule has 5 N–H and O–H groups in total. The first-order valence-electron chi connectivity index (χ1n) is 12.4. The first-order valence-corrected chi connectivity index (χ1v) is 12.8. The Morgan fingerprint density at radius 1 is 1.23 bits per heavy atom. The number of nitrogens with zero attached hydrogens (tertiary/aromatic N) is 3. The average Bonchev–Trinajstić information content (AvgIpc) is 3.32. The fourth-order valence-electron chi connectivity index (χ4n) is 3.89. The number of aliphatic hydroxyl groups excluding tert-OH is 1. The third-order valence-corrected chi connectivity index (χ3v) is 6.34. The minimum atomic E-state index is -1.14. The van der Waals surface area contributed by atoms with Gasteiger partial charge in [-0.1, -0.05) is 11.6 Å². The van der Waals surface area contributed by atoms with Gasteiger partial charge in [-0.25, -0.2) is 19.8 Å². The number of aliphatic hydroxyl groups is 1. The van der Waals surface area contributed by atoms with Crippen LogP contribution in [-0.2, 0) is 7.05 Å². The number of hydrogen-bond acceptors (Lipinski definition) is 6.